The van der Waals surface area contributed by atoms with Gasteiger partial charge in [0.2, 0.25) is 0 Å². The van der Waals surface area contributed by atoms with Crippen LogP contribution in [0.25, 0.3) is 0 Å². The number of halogens is 1. The zero-order chi connectivity index (χ0) is 7.78. The van der Waals surface area contributed by atoms with Crippen LogP contribution < -0.4 is 5.73 Å². The number of hydrogen-bond acceptors (Lipinski definition) is 3. The lowest BCUT2D eigenvalue weighted by molar-refractivity contribution is 0.584. The Morgan fingerprint density at radius 3 is 2.09 bits per heavy atom. The van der Waals surface area contributed by atoms with Crippen molar-refractivity contribution in [2.45, 2.75) is 30.6 Å². The largest absolute Gasteiger partial charge is 0.328 e. The number of hydrogen-bond donors (Lipinski definition) is 1. The molecule has 3 nitrogen and oxygen atoms in total. The molecule has 0 saturated heterocycles. The van der Waals surface area contributed by atoms with Crippen LogP contribution in [-0.2, 0) is 9.84 Å². The van der Waals surface area contributed by atoms with Crippen molar-refractivity contribution in [1.82, 2.24) is 0 Å². The van der Waals surface area contributed by atoms with Gasteiger partial charge in [-0.15, -0.1) is 12.4 Å². The van der Waals surface area contributed by atoms with Crippen molar-refractivity contribution in [3.8, 4) is 0 Å². The summed E-state index contributed by atoms with van der Waals surface area (Å²) in [4.78, 5) is 0. The van der Waals surface area contributed by atoms with Crippen molar-refractivity contribution in [1.29, 1.82) is 0 Å². The van der Waals surface area contributed by atoms with Gasteiger partial charge < -0.3 is 5.73 Å². The van der Waals surface area contributed by atoms with Gasteiger partial charge in [0.05, 0.1) is 5.25 Å². The minimum absolute atomic E-state index is 0. The topological polar surface area (TPSA) is 60.2 Å². The number of sulfone groups is 1. The van der Waals surface area contributed by atoms with Crippen LogP contribution in [0.4, 0.5) is 0 Å². The normalized spacial score (nSPS) is 31.5. The maximum absolute atomic E-state index is 10.9. The van der Waals surface area contributed by atoms with Gasteiger partial charge in [-0.3, -0.25) is 0 Å². The standard InChI is InChI=1S/C6H13NO2S.ClH/c1-10(8,9)6-3-2-5(7)4-6;/h5-6H,2-4,7H2,1H3;1H/t5-,6-;/m0./s1. The van der Waals surface area contributed by atoms with E-state index in [0.717, 1.165) is 12.8 Å². The monoisotopic (exact) mass is 199 g/mol. The molecule has 1 aliphatic rings. The van der Waals surface area contributed by atoms with Crippen LogP contribution in [0.3, 0.4) is 0 Å². The molecule has 2 N–H and O–H groups in total. The van der Waals surface area contributed by atoms with Crippen molar-refractivity contribution in [2.24, 2.45) is 5.73 Å². The van der Waals surface area contributed by atoms with Crippen molar-refractivity contribution in [3.63, 3.8) is 0 Å². The Labute approximate surface area is 73.7 Å². The summed E-state index contributed by atoms with van der Waals surface area (Å²) in [5.41, 5.74) is 5.56. The average molecular weight is 200 g/mol. The molecule has 2 atom stereocenters. The minimum atomic E-state index is -2.82. The van der Waals surface area contributed by atoms with Gasteiger partial charge in [0.1, 0.15) is 9.84 Å². The predicted octanol–water partition coefficient (Wildman–Crippen LogP) is 0.333. The number of rotatable bonds is 1. The number of nitrogens with two attached hydrogens (primary N) is 1. The highest BCUT2D eigenvalue weighted by Crippen LogP contribution is 2.22. The van der Waals surface area contributed by atoms with E-state index >= 15 is 0 Å². The molecule has 1 rings (SSSR count). The highest BCUT2D eigenvalue weighted by molar-refractivity contribution is 7.91. The first-order valence-electron chi connectivity index (χ1n) is 3.44. The quantitative estimate of drug-likeness (QED) is 0.663. The van der Waals surface area contributed by atoms with Gasteiger partial charge in [0.15, 0.2) is 0 Å². The molecule has 11 heavy (non-hydrogen) atoms. The third-order valence-corrected chi connectivity index (χ3v) is 3.67. The summed E-state index contributed by atoms with van der Waals surface area (Å²) in [5.74, 6) is 0. The van der Waals surface area contributed by atoms with Crippen LogP contribution in [0.2, 0.25) is 0 Å². The Morgan fingerprint density at radius 2 is 1.91 bits per heavy atom. The van der Waals surface area contributed by atoms with E-state index in [-0.39, 0.29) is 23.7 Å². The van der Waals surface area contributed by atoms with E-state index in [1.165, 1.54) is 6.26 Å². The molecular formula is C6H14ClNO2S. The Balaban J connectivity index is 0.000001000. The molecule has 0 bridgehead atoms. The van der Waals surface area contributed by atoms with Crippen molar-refractivity contribution >= 4 is 22.2 Å². The van der Waals surface area contributed by atoms with Gasteiger partial charge in [-0.05, 0) is 19.3 Å². The zero-order valence-electron chi connectivity index (χ0n) is 6.49. The second kappa shape index (κ2) is 3.74. The van der Waals surface area contributed by atoms with E-state index in [1.807, 2.05) is 0 Å². The van der Waals surface area contributed by atoms with E-state index in [0.29, 0.717) is 6.42 Å². The second-order valence-electron chi connectivity index (χ2n) is 3.02. The molecule has 0 aromatic carbocycles. The van der Waals surface area contributed by atoms with Gasteiger partial charge >= 0.3 is 0 Å². The van der Waals surface area contributed by atoms with Gasteiger partial charge in [0.25, 0.3) is 0 Å². The molecule has 0 spiro atoms. The van der Waals surface area contributed by atoms with Crippen LogP contribution >= 0.6 is 12.4 Å². The average Bonchev–Trinajstić information content (AvgIpc) is 2.11. The molecule has 0 aliphatic heterocycles. The first-order chi connectivity index (χ1) is 4.50. The molecule has 1 aliphatic carbocycles. The Morgan fingerprint density at radius 1 is 1.36 bits per heavy atom. The summed E-state index contributed by atoms with van der Waals surface area (Å²) in [6, 6.07) is 0.111. The maximum Gasteiger partial charge on any atom is 0.150 e. The van der Waals surface area contributed by atoms with Crippen LogP contribution in [0, 0.1) is 0 Å². The summed E-state index contributed by atoms with van der Waals surface area (Å²) >= 11 is 0. The van der Waals surface area contributed by atoms with E-state index < -0.39 is 9.84 Å². The van der Waals surface area contributed by atoms with E-state index in [9.17, 15) is 8.42 Å². The molecule has 0 amide bonds. The third-order valence-electron chi connectivity index (χ3n) is 2.03. The molecule has 1 saturated carbocycles. The zero-order valence-corrected chi connectivity index (χ0v) is 8.12. The molecule has 0 radical (unpaired) electrons. The lowest BCUT2D eigenvalue weighted by Gasteiger charge is -2.04. The second-order valence-corrected chi connectivity index (χ2v) is 5.35. The molecule has 0 unspecified atom stereocenters. The first-order valence-corrected chi connectivity index (χ1v) is 5.40. The van der Waals surface area contributed by atoms with Gasteiger partial charge in [-0.1, -0.05) is 0 Å². The third kappa shape index (κ3) is 2.97. The molecule has 0 heterocycles. The summed E-state index contributed by atoms with van der Waals surface area (Å²) in [6.45, 7) is 0. The van der Waals surface area contributed by atoms with Crippen molar-refractivity contribution < 1.29 is 8.42 Å². The van der Waals surface area contributed by atoms with Crippen LogP contribution in [-0.4, -0.2) is 26.0 Å². The van der Waals surface area contributed by atoms with Crippen LogP contribution in [0.15, 0.2) is 0 Å². The van der Waals surface area contributed by atoms with E-state index in [4.69, 9.17) is 5.73 Å². The van der Waals surface area contributed by atoms with E-state index in [1.54, 1.807) is 0 Å². The molecule has 68 valence electrons. The van der Waals surface area contributed by atoms with Crippen molar-refractivity contribution in [2.75, 3.05) is 6.26 Å². The summed E-state index contributed by atoms with van der Waals surface area (Å²) in [6.07, 6.45) is 3.55. The van der Waals surface area contributed by atoms with Gasteiger partial charge in [-0.2, -0.15) is 0 Å². The smallest absolute Gasteiger partial charge is 0.150 e. The van der Waals surface area contributed by atoms with Crippen molar-refractivity contribution in [3.05, 3.63) is 0 Å². The fraction of sp³-hybridized carbons (Fsp3) is 1.00. The fourth-order valence-corrected chi connectivity index (χ4v) is 2.52. The molecule has 1 fully saturated rings. The highest BCUT2D eigenvalue weighted by Gasteiger charge is 2.29. The first kappa shape index (κ1) is 11.2. The Hall–Kier alpha value is 0.200. The fourth-order valence-electron chi connectivity index (χ4n) is 1.36. The molecular weight excluding hydrogens is 186 g/mol. The Bertz CT molecular complexity index is 215. The lowest BCUT2D eigenvalue weighted by Crippen LogP contribution is -2.20. The summed E-state index contributed by atoms with van der Waals surface area (Å²) < 4.78 is 21.8. The lowest BCUT2D eigenvalue weighted by atomic mass is 10.3. The molecule has 0 aromatic rings. The molecule has 5 heteroatoms. The maximum atomic E-state index is 10.9. The predicted molar refractivity (Wildman–Crippen MR) is 47.7 cm³/mol. The SMILES string of the molecule is CS(=O)(=O)[C@H]1CC[C@H](N)C1.Cl. The summed E-state index contributed by atoms with van der Waals surface area (Å²) in [5, 5.41) is -0.164. The van der Waals surface area contributed by atoms with Gasteiger partial charge in [0, 0.05) is 12.3 Å². The Kier molecular flexibility index (Phi) is 3.80. The van der Waals surface area contributed by atoms with E-state index in [2.05, 4.69) is 0 Å². The minimum Gasteiger partial charge on any atom is -0.328 e. The highest BCUT2D eigenvalue weighted by atomic mass is 35.5. The van der Waals surface area contributed by atoms with Crippen LogP contribution in [0.5, 0.6) is 0 Å². The van der Waals surface area contributed by atoms with Gasteiger partial charge in [-0.25, -0.2) is 8.42 Å². The molecule has 0 aromatic heterocycles. The van der Waals surface area contributed by atoms with Crippen LogP contribution in [0.1, 0.15) is 19.3 Å². The summed E-state index contributed by atoms with van der Waals surface area (Å²) in [7, 11) is -2.82.